The van der Waals surface area contributed by atoms with E-state index in [-0.39, 0.29) is 31.1 Å². The van der Waals surface area contributed by atoms with Gasteiger partial charge in [0.15, 0.2) is 14.0 Å². The van der Waals surface area contributed by atoms with Crippen LogP contribution in [0.15, 0.2) is 24.4 Å². The smallest absolute Gasteiger partial charge is 0.433 e. The summed E-state index contributed by atoms with van der Waals surface area (Å²) >= 11 is 13.4. The van der Waals surface area contributed by atoms with Crippen molar-refractivity contribution in [1.82, 2.24) is 14.7 Å². The fourth-order valence-corrected chi connectivity index (χ4v) is 10.8. The van der Waals surface area contributed by atoms with Gasteiger partial charge in [-0.05, 0) is 88.1 Å². The first kappa shape index (κ1) is 38.7. The molecule has 0 saturated heterocycles. The summed E-state index contributed by atoms with van der Waals surface area (Å²) in [6, 6.07) is 7.02. The first-order valence-corrected chi connectivity index (χ1v) is 20.6. The summed E-state index contributed by atoms with van der Waals surface area (Å²) in [5.74, 6) is -1.09. The van der Waals surface area contributed by atoms with Crippen molar-refractivity contribution in [2.24, 2.45) is 10.8 Å². The van der Waals surface area contributed by atoms with Crippen LogP contribution >= 0.6 is 23.2 Å². The molecule has 1 amide bonds. The summed E-state index contributed by atoms with van der Waals surface area (Å²) < 4.78 is 58.0. The summed E-state index contributed by atoms with van der Waals surface area (Å²) in [7, 11) is -2.31. The quantitative estimate of drug-likeness (QED) is 0.143. The van der Waals surface area contributed by atoms with Crippen molar-refractivity contribution in [3.05, 3.63) is 51.3 Å². The number of benzene rings is 1. The molecule has 0 aliphatic heterocycles. The van der Waals surface area contributed by atoms with Crippen LogP contribution in [0.4, 0.5) is 13.2 Å². The van der Waals surface area contributed by atoms with Crippen molar-refractivity contribution in [1.29, 1.82) is 0 Å². The zero-order valence-electron chi connectivity index (χ0n) is 29.0. The van der Waals surface area contributed by atoms with Crippen molar-refractivity contribution >= 4 is 43.4 Å². The summed E-state index contributed by atoms with van der Waals surface area (Å²) in [6.07, 6.45) is -0.485. The second-order valence-electron chi connectivity index (χ2n) is 14.2. The van der Waals surface area contributed by atoms with Gasteiger partial charge in [-0.3, -0.25) is 14.3 Å². The van der Waals surface area contributed by atoms with E-state index in [4.69, 9.17) is 32.4 Å². The van der Waals surface area contributed by atoms with Crippen LogP contribution in [0.3, 0.4) is 0 Å². The Morgan fingerprint density at radius 1 is 1.04 bits per heavy atom. The Hall–Kier alpha value is -2.08. The lowest BCUT2D eigenvalue weighted by Crippen LogP contribution is -2.47. The fraction of sp³-hybridized carbons (Fsp3) is 0.686. The monoisotopic (exact) mass is 731 g/mol. The van der Waals surface area contributed by atoms with Crippen molar-refractivity contribution in [2.45, 2.75) is 123 Å². The molecule has 1 aromatic heterocycles. The van der Waals surface area contributed by atoms with Crippen LogP contribution in [0, 0.1) is 10.8 Å². The van der Waals surface area contributed by atoms with Crippen molar-refractivity contribution < 1.29 is 31.9 Å². The number of carbonyl (C=O) groups is 2. The molecule has 1 aromatic carbocycles. The second-order valence-corrected chi connectivity index (χ2v) is 19.7. The van der Waals surface area contributed by atoms with Gasteiger partial charge in [0.05, 0.1) is 42.5 Å². The Morgan fingerprint density at radius 3 is 2.10 bits per heavy atom. The number of aromatic nitrogens is 2. The van der Waals surface area contributed by atoms with Gasteiger partial charge in [-0.25, -0.2) is 0 Å². The molecule has 2 saturated carbocycles. The van der Waals surface area contributed by atoms with Crippen LogP contribution in [0.5, 0.6) is 0 Å². The highest BCUT2D eigenvalue weighted by Gasteiger charge is 2.47. The summed E-state index contributed by atoms with van der Waals surface area (Å²) in [4.78, 5) is 28.6. The number of esters is 1. The standard InChI is InChI=1S/C35H50Cl2F3N3O4Si/c1-7-46-32(45)34(6)19-15-24(16-20-34)43-30(35(38,39)40)25(21-41-43)31(44)42(23-33(5)17-12-18-33)22-28(47-48(8-2,9-3)10-4)29-26(36)13-11-14-27(29)37/h11,13-14,21,24,28H,7-10,12,15-20,22-23H2,1-6H3/t24-,28?,34-. The number of hydrogen-bond donors (Lipinski definition) is 0. The maximum absolute atomic E-state index is 15.0. The zero-order chi connectivity index (χ0) is 35.5. The minimum atomic E-state index is -4.84. The molecule has 0 N–H and O–H groups in total. The first-order valence-electron chi connectivity index (χ1n) is 17.3. The van der Waals surface area contributed by atoms with Gasteiger partial charge in [-0.2, -0.15) is 18.3 Å². The normalized spacial score (nSPS) is 21.8. The number of carbonyl (C=O) groups excluding carboxylic acids is 2. The molecular weight excluding hydrogens is 682 g/mol. The molecule has 2 aromatic rings. The lowest BCUT2D eigenvalue weighted by atomic mass is 9.70. The van der Waals surface area contributed by atoms with Gasteiger partial charge in [-0.1, -0.05) is 63.4 Å². The van der Waals surface area contributed by atoms with Crippen LogP contribution in [-0.2, 0) is 20.1 Å². The van der Waals surface area contributed by atoms with Gasteiger partial charge in [-0.15, -0.1) is 0 Å². The maximum atomic E-state index is 15.0. The van der Waals surface area contributed by atoms with E-state index in [9.17, 15) is 22.8 Å². The number of halogens is 5. The van der Waals surface area contributed by atoms with Gasteiger partial charge in [0.1, 0.15) is 0 Å². The molecule has 1 heterocycles. The van der Waals surface area contributed by atoms with Gasteiger partial charge in [0.25, 0.3) is 5.91 Å². The van der Waals surface area contributed by atoms with Crippen molar-refractivity contribution in [2.75, 3.05) is 19.7 Å². The third kappa shape index (κ3) is 8.27. The second kappa shape index (κ2) is 15.4. The molecular formula is C35H50Cl2F3N3O4Si. The molecule has 268 valence electrons. The van der Waals surface area contributed by atoms with E-state index in [0.29, 0.717) is 41.3 Å². The molecule has 2 aliphatic rings. The third-order valence-corrected chi connectivity index (χ3v) is 16.2. The van der Waals surface area contributed by atoms with E-state index in [1.54, 1.807) is 32.0 Å². The zero-order valence-corrected chi connectivity index (χ0v) is 31.5. The van der Waals surface area contributed by atoms with E-state index in [1.165, 1.54) is 4.90 Å². The minimum Gasteiger partial charge on any atom is -0.466 e. The summed E-state index contributed by atoms with van der Waals surface area (Å²) in [5, 5.41) is 4.97. The Balaban J connectivity index is 1.74. The molecule has 48 heavy (non-hydrogen) atoms. The van der Waals surface area contributed by atoms with Crippen LogP contribution in [0.25, 0.3) is 0 Å². The van der Waals surface area contributed by atoms with Crippen molar-refractivity contribution in [3.8, 4) is 0 Å². The molecule has 0 radical (unpaired) electrons. The summed E-state index contributed by atoms with van der Waals surface area (Å²) in [6.45, 7) is 12.4. The Labute approximate surface area is 293 Å². The number of ether oxygens (including phenoxy) is 1. The highest BCUT2D eigenvalue weighted by Crippen LogP contribution is 2.46. The number of hydrogen-bond acceptors (Lipinski definition) is 5. The average molecular weight is 733 g/mol. The molecule has 1 atom stereocenters. The van der Waals surface area contributed by atoms with E-state index < -0.39 is 49.2 Å². The lowest BCUT2D eigenvalue weighted by molar-refractivity contribution is -0.157. The predicted octanol–water partition coefficient (Wildman–Crippen LogP) is 10.3. The Morgan fingerprint density at radius 2 is 1.62 bits per heavy atom. The number of nitrogens with zero attached hydrogens (tertiary/aromatic N) is 3. The first-order chi connectivity index (χ1) is 22.6. The maximum Gasteiger partial charge on any atom is 0.433 e. The van der Waals surface area contributed by atoms with Gasteiger partial charge in [0.2, 0.25) is 0 Å². The average Bonchev–Trinajstić information content (AvgIpc) is 3.48. The molecule has 0 spiro atoms. The van der Waals surface area contributed by atoms with Crippen LogP contribution < -0.4 is 0 Å². The lowest BCUT2D eigenvalue weighted by Gasteiger charge is -2.44. The highest BCUT2D eigenvalue weighted by atomic mass is 35.5. The number of alkyl halides is 3. The van der Waals surface area contributed by atoms with E-state index in [2.05, 4.69) is 32.8 Å². The number of amides is 1. The molecule has 4 rings (SSSR count). The van der Waals surface area contributed by atoms with E-state index in [0.717, 1.165) is 48.3 Å². The van der Waals surface area contributed by atoms with Crippen LogP contribution in [-0.4, -0.2) is 54.6 Å². The largest absolute Gasteiger partial charge is 0.466 e. The molecule has 2 aliphatic carbocycles. The van der Waals surface area contributed by atoms with Crippen LogP contribution in [0.1, 0.15) is 120 Å². The molecule has 1 unspecified atom stereocenters. The molecule has 7 nitrogen and oxygen atoms in total. The predicted molar refractivity (Wildman–Crippen MR) is 185 cm³/mol. The summed E-state index contributed by atoms with van der Waals surface area (Å²) in [5.41, 5.74) is -2.02. The fourth-order valence-electron chi connectivity index (χ4n) is 7.37. The minimum absolute atomic E-state index is 0.00354. The van der Waals surface area contributed by atoms with Gasteiger partial charge >= 0.3 is 12.1 Å². The van der Waals surface area contributed by atoms with Gasteiger partial charge < -0.3 is 14.1 Å². The molecule has 13 heteroatoms. The van der Waals surface area contributed by atoms with Gasteiger partial charge in [0, 0.05) is 22.2 Å². The number of rotatable bonds is 14. The third-order valence-electron chi connectivity index (χ3n) is 10.9. The Bertz CT molecular complexity index is 1410. The van der Waals surface area contributed by atoms with E-state index >= 15 is 0 Å². The Kier molecular flexibility index (Phi) is 12.4. The highest BCUT2D eigenvalue weighted by molar-refractivity contribution is 6.73. The van der Waals surface area contributed by atoms with Crippen LogP contribution in [0.2, 0.25) is 28.2 Å². The molecule has 2 fully saturated rings. The van der Waals surface area contributed by atoms with Crippen molar-refractivity contribution in [3.63, 3.8) is 0 Å². The topological polar surface area (TPSA) is 73.7 Å². The molecule has 0 bridgehead atoms. The SMILES string of the molecule is CCOC(=O)[C@]1(C)CC[C@@H](n2ncc(C(=O)N(CC(O[Si](CC)(CC)CC)c3c(Cl)cccc3Cl)CC3(C)CCC3)c2C(F)(F)F)CC1. The van der Waals surface area contributed by atoms with E-state index in [1.807, 2.05) is 0 Å².